The van der Waals surface area contributed by atoms with Crippen LogP contribution in [0.25, 0.3) is 0 Å². The Labute approximate surface area is 154 Å². The SMILES string of the molecule is CCS(=O)(=O)CCNC(=NC)Nc1ccc(OC)c(OC)c1.I. The van der Waals surface area contributed by atoms with Crippen LogP contribution in [0.4, 0.5) is 5.69 Å². The maximum atomic E-state index is 11.5. The van der Waals surface area contributed by atoms with Crippen molar-refractivity contribution in [1.29, 1.82) is 0 Å². The summed E-state index contributed by atoms with van der Waals surface area (Å²) in [6.07, 6.45) is 0. The Morgan fingerprint density at radius 3 is 2.39 bits per heavy atom. The normalized spacial score (nSPS) is 11.4. The standard InChI is InChI=1S/C14H23N3O4S.HI/c1-5-22(18,19)9-8-16-14(15-2)17-11-6-7-12(20-3)13(10-11)21-4;/h6-7,10H,5,8-9H2,1-4H3,(H2,15,16,17);1H. The molecule has 1 aromatic carbocycles. The molecule has 23 heavy (non-hydrogen) atoms. The minimum Gasteiger partial charge on any atom is -0.493 e. The molecule has 0 unspecified atom stereocenters. The van der Waals surface area contributed by atoms with Crippen LogP contribution in [0.1, 0.15) is 6.92 Å². The van der Waals surface area contributed by atoms with E-state index in [0.29, 0.717) is 24.0 Å². The Bertz CT molecular complexity index is 620. The molecule has 0 bridgehead atoms. The summed E-state index contributed by atoms with van der Waals surface area (Å²) in [6.45, 7) is 1.93. The number of guanidine groups is 1. The van der Waals surface area contributed by atoms with Crippen molar-refractivity contribution < 1.29 is 17.9 Å². The maximum absolute atomic E-state index is 11.5. The van der Waals surface area contributed by atoms with E-state index in [4.69, 9.17) is 9.47 Å². The Hall–Kier alpha value is -1.23. The molecule has 0 atom stereocenters. The van der Waals surface area contributed by atoms with Gasteiger partial charge in [-0.1, -0.05) is 6.92 Å². The summed E-state index contributed by atoms with van der Waals surface area (Å²) in [5.41, 5.74) is 0.754. The number of benzene rings is 1. The Morgan fingerprint density at radius 1 is 1.22 bits per heavy atom. The third kappa shape index (κ3) is 7.25. The number of nitrogens with one attached hydrogen (secondary N) is 2. The van der Waals surface area contributed by atoms with Crippen LogP contribution in [0.5, 0.6) is 11.5 Å². The molecule has 9 heteroatoms. The lowest BCUT2D eigenvalue weighted by Gasteiger charge is -2.14. The molecule has 0 heterocycles. The molecule has 0 spiro atoms. The smallest absolute Gasteiger partial charge is 0.195 e. The van der Waals surface area contributed by atoms with Crippen LogP contribution in [-0.4, -0.2) is 53.7 Å². The van der Waals surface area contributed by atoms with Crippen LogP contribution >= 0.6 is 24.0 Å². The van der Waals surface area contributed by atoms with E-state index in [2.05, 4.69) is 15.6 Å². The zero-order valence-corrected chi connectivity index (χ0v) is 16.9. The van der Waals surface area contributed by atoms with Crippen LogP contribution in [0, 0.1) is 0 Å². The first kappa shape index (κ1) is 21.8. The third-order valence-electron chi connectivity index (χ3n) is 3.02. The van der Waals surface area contributed by atoms with Gasteiger partial charge in [-0.25, -0.2) is 8.42 Å². The molecule has 0 aromatic heterocycles. The lowest BCUT2D eigenvalue weighted by Crippen LogP contribution is -2.34. The maximum Gasteiger partial charge on any atom is 0.195 e. The van der Waals surface area contributed by atoms with E-state index in [1.165, 1.54) is 0 Å². The number of hydrogen-bond donors (Lipinski definition) is 2. The summed E-state index contributed by atoms with van der Waals surface area (Å²) >= 11 is 0. The van der Waals surface area contributed by atoms with Crippen molar-refractivity contribution in [2.75, 3.05) is 44.6 Å². The van der Waals surface area contributed by atoms with Gasteiger partial charge < -0.3 is 20.1 Å². The van der Waals surface area contributed by atoms with Crippen molar-refractivity contribution in [3.8, 4) is 11.5 Å². The average molecular weight is 457 g/mol. The fraction of sp³-hybridized carbons (Fsp3) is 0.500. The highest BCUT2D eigenvalue weighted by Gasteiger charge is 2.09. The molecule has 0 aliphatic heterocycles. The molecule has 1 rings (SSSR count). The van der Waals surface area contributed by atoms with E-state index in [1.54, 1.807) is 40.3 Å². The summed E-state index contributed by atoms with van der Waals surface area (Å²) < 4.78 is 33.3. The van der Waals surface area contributed by atoms with Gasteiger partial charge in [-0.05, 0) is 12.1 Å². The van der Waals surface area contributed by atoms with Crippen molar-refractivity contribution >= 4 is 45.5 Å². The molecule has 0 saturated carbocycles. The molecule has 0 fully saturated rings. The second-order valence-electron chi connectivity index (χ2n) is 4.43. The zero-order chi connectivity index (χ0) is 16.6. The van der Waals surface area contributed by atoms with Gasteiger partial charge in [-0.2, -0.15) is 0 Å². The number of rotatable bonds is 7. The molecule has 132 valence electrons. The highest BCUT2D eigenvalue weighted by atomic mass is 127. The van der Waals surface area contributed by atoms with Crippen LogP contribution in [0.3, 0.4) is 0 Å². The molecule has 0 saturated heterocycles. The van der Waals surface area contributed by atoms with E-state index in [0.717, 1.165) is 5.69 Å². The third-order valence-corrected chi connectivity index (χ3v) is 4.72. The highest BCUT2D eigenvalue weighted by molar-refractivity contribution is 14.0. The molecule has 0 radical (unpaired) electrons. The molecule has 0 amide bonds. The fourth-order valence-corrected chi connectivity index (χ4v) is 2.40. The summed E-state index contributed by atoms with van der Waals surface area (Å²) in [7, 11) is 1.75. The van der Waals surface area contributed by atoms with Gasteiger partial charge in [0, 0.05) is 31.1 Å². The van der Waals surface area contributed by atoms with E-state index in [9.17, 15) is 8.42 Å². The van der Waals surface area contributed by atoms with E-state index in [1.807, 2.05) is 6.07 Å². The predicted molar refractivity (Wildman–Crippen MR) is 104 cm³/mol. The fourth-order valence-electron chi connectivity index (χ4n) is 1.70. The van der Waals surface area contributed by atoms with Gasteiger partial charge in [0.15, 0.2) is 27.3 Å². The van der Waals surface area contributed by atoms with E-state index >= 15 is 0 Å². The molecule has 1 aromatic rings. The second-order valence-corrected chi connectivity index (χ2v) is 6.90. The van der Waals surface area contributed by atoms with Gasteiger partial charge in [-0.3, -0.25) is 4.99 Å². The molecule has 0 aliphatic carbocycles. The number of anilines is 1. The molecule has 7 nitrogen and oxygen atoms in total. The van der Waals surface area contributed by atoms with Crippen molar-refractivity contribution in [3.63, 3.8) is 0 Å². The van der Waals surface area contributed by atoms with Gasteiger partial charge in [0.25, 0.3) is 0 Å². The van der Waals surface area contributed by atoms with Gasteiger partial charge in [0.2, 0.25) is 0 Å². The van der Waals surface area contributed by atoms with Crippen LogP contribution in [0.2, 0.25) is 0 Å². The molecular formula is C14H24IN3O4S. The summed E-state index contributed by atoms with van der Waals surface area (Å²) in [4.78, 5) is 4.05. The average Bonchev–Trinajstić information content (AvgIpc) is 2.53. The molecular weight excluding hydrogens is 433 g/mol. The number of methoxy groups -OCH3 is 2. The minimum atomic E-state index is -3.00. The number of aliphatic imine (C=N–C) groups is 1. The topological polar surface area (TPSA) is 89.0 Å². The first-order valence-corrected chi connectivity index (χ1v) is 8.68. The molecule has 2 N–H and O–H groups in total. The van der Waals surface area contributed by atoms with Gasteiger partial charge in [-0.15, -0.1) is 24.0 Å². The lowest BCUT2D eigenvalue weighted by molar-refractivity contribution is 0.355. The first-order chi connectivity index (χ1) is 10.5. The number of halogens is 1. The van der Waals surface area contributed by atoms with Crippen LogP contribution in [0.15, 0.2) is 23.2 Å². The van der Waals surface area contributed by atoms with Crippen LogP contribution in [-0.2, 0) is 9.84 Å². The number of sulfone groups is 1. The number of nitrogens with zero attached hydrogens (tertiary/aromatic N) is 1. The first-order valence-electron chi connectivity index (χ1n) is 6.85. The highest BCUT2D eigenvalue weighted by Crippen LogP contribution is 2.29. The summed E-state index contributed by atoms with van der Waals surface area (Å²) in [5.74, 6) is 1.91. The van der Waals surface area contributed by atoms with Crippen molar-refractivity contribution in [1.82, 2.24) is 5.32 Å². The van der Waals surface area contributed by atoms with E-state index in [-0.39, 0.29) is 35.5 Å². The largest absolute Gasteiger partial charge is 0.493 e. The zero-order valence-electron chi connectivity index (χ0n) is 13.8. The lowest BCUT2D eigenvalue weighted by atomic mass is 10.3. The Balaban J connectivity index is 0.00000484. The minimum absolute atomic E-state index is 0. The van der Waals surface area contributed by atoms with Crippen LogP contribution < -0.4 is 20.1 Å². The summed E-state index contributed by atoms with van der Waals surface area (Å²) in [6, 6.07) is 5.36. The summed E-state index contributed by atoms with van der Waals surface area (Å²) in [5, 5.41) is 6.03. The Morgan fingerprint density at radius 2 is 1.87 bits per heavy atom. The van der Waals surface area contributed by atoms with E-state index < -0.39 is 9.84 Å². The Kier molecular flexibility index (Phi) is 9.96. The second kappa shape index (κ2) is 10.5. The van der Waals surface area contributed by atoms with Crippen molar-refractivity contribution in [2.24, 2.45) is 4.99 Å². The number of hydrogen-bond acceptors (Lipinski definition) is 5. The quantitative estimate of drug-likeness (QED) is 0.369. The van der Waals surface area contributed by atoms with Crippen molar-refractivity contribution in [3.05, 3.63) is 18.2 Å². The monoisotopic (exact) mass is 457 g/mol. The van der Waals surface area contributed by atoms with Gasteiger partial charge >= 0.3 is 0 Å². The van der Waals surface area contributed by atoms with Crippen molar-refractivity contribution in [2.45, 2.75) is 6.92 Å². The molecule has 0 aliphatic rings. The number of ether oxygens (including phenoxy) is 2. The van der Waals surface area contributed by atoms with Gasteiger partial charge in [0.05, 0.1) is 20.0 Å². The predicted octanol–water partition coefficient (Wildman–Crippen LogP) is 1.74. The van der Waals surface area contributed by atoms with Gasteiger partial charge in [0.1, 0.15) is 0 Å².